The first-order valence-electron chi connectivity index (χ1n) is 9.86. The fourth-order valence-electron chi connectivity index (χ4n) is 3.31. The number of carbonyl (C=O) groups excluding carboxylic acids is 1. The molecule has 1 aromatic carbocycles. The van der Waals surface area contributed by atoms with Crippen LogP contribution in [0.15, 0.2) is 60.9 Å². The zero-order chi connectivity index (χ0) is 20.9. The molecule has 1 amide bonds. The molecule has 0 aliphatic carbocycles. The first-order chi connectivity index (χ1) is 14.6. The highest BCUT2D eigenvalue weighted by Crippen LogP contribution is 2.23. The average molecular weight is 406 g/mol. The number of ether oxygens (including phenoxy) is 1. The maximum Gasteiger partial charge on any atom is 0.227 e. The topological polar surface area (TPSA) is 67.3 Å². The van der Waals surface area contributed by atoms with Crippen molar-refractivity contribution in [2.24, 2.45) is 0 Å². The Morgan fingerprint density at radius 3 is 2.67 bits per heavy atom. The largest absolute Gasteiger partial charge is 0.368 e. The van der Waals surface area contributed by atoms with Gasteiger partial charge in [0.1, 0.15) is 17.7 Å². The van der Waals surface area contributed by atoms with Crippen LogP contribution in [-0.4, -0.2) is 40.5 Å². The lowest BCUT2D eigenvalue weighted by Crippen LogP contribution is -2.43. The lowest BCUT2D eigenvalue weighted by Gasteiger charge is -2.32. The molecule has 3 heterocycles. The van der Waals surface area contributed by atoms with E-state index in [-0.39, 0.29) is 17.8 Å². The molecular formula is C23H23FN4O2. The number of pyridine rings is 2. The van der Waals surface area contributed by atoms with Crippen molar-refractivity contribution < 1.29 is 13.9 Å². The number of aryl methyl sites for hydroxylation is 1. The molecule has 1 saturated heterocycles. The minimum atomic E-state index is -0.384. The second-order valence-electron chi connectivity index (χ2n) is 7.32. The van der Waals surface area contributed by atoms with E-state index in [1.165, 1.54) is 11.6 Å². The van der Waals surface area contributed by atoms with Crippen molar-refractivity contribution in [3.05, 3.63) is 83.6 Å². The molecule has 0 unspecified atom stereocenters. The predicted octanol–water partition coefficient (Wildman–Crippen LogP) is 3.81. The van der Waals surface area contributed by atoms with Gasteiger partial charge in [-0.3, -0.25) is 9.78 Å². The van der Waals surface area contributed by atoms with Gasteiger partial charge in [-0.15, -0.1) is 0 Å². The van der Waals surface area contributed by atoms with Crippen LogP contribution in [0.3, 0.4) is 0 Å². The normalized spacial score (nSPS) is 16.3. The zero-order valence-corrected chi connectivity index (χ0v) is 16.7. The zero-order valence-electron chi connectivity index (χ0n) is 16.7. The van der Waals surface area contributed by atoms with Crippen LogP contribution in [0.5, 0.6) is 0 Å². The van der Waals surface area contributed by atoms with Gasteiger partial charge in [0.2, 0.25) is 5.91 Å². The van der Waals surface area contributed by atoms with Gasteiger partial charge < -0.3 is 15.0 Å². The highest BCUT2D eigenvalue weighted by Gasteiger charge is 2.26. The number of nitrogens with zero attached hydrogens (tertiary/aromatic N) is 3. The summed E-state index contributed by atoms with van der Waals surface area (Å²) in [7, 11) is 0. The van der Waals surface area contributed by atoms with E-state index in [2.05, 4.69) is 15.3 Å². The number of hydrogen-bond acceptors (Lipinski definition) is 5. The number of aromatic nitrogens is 2. The van der Waals surface area contributed by atoms with Gasteiger partial charge in [-0.2, -0.15) is 0 Å². The van der Waals surface area contributed by atoms with Gasteiger partial charge in [-0.05, 0) is 36.8 Å². The molecule has 1 aliphatic heterocycles. The summed E-state index contributed by atoms with van der Waals surface area (Å²) in [6.45, 7) is 3.56. The first-order valence-corrected chi connectivity index (χ1v) is 9.86. The quantitative estimate of drug-likeness (QED) is 0.698. The molecule has 0 radical (unpaired) electrons. The number of morpholine rings is 1. The molecule has 0 bridgehead atoms. The van der Waals surface area contributed by atoms with E-state index in [1.54, 1.807) is 12.3 Å². The lowest BCUT2D eigenvalue weighted by molar-refractivity contribution is -0.138. The van der Waals surface area contributed by atoms with Crippen LogP contribution in [0.25, 0.3) is 0 Å². The highest BCUT2D eigenvalue weighted by molar-refractivity contribution is 5.79. The smallest absolute Gasteiger partial charge is 0.227 e. The van der Waals surface area contributed by atoms with Crippen LogP contribution in [0.1, 0.15) is 22.9 Å². The van der Waals surface area contributed by atoms with Gasteiger partial charge in [0.25, 0.3) is 0 Å². The van der Waals surface area contributed by atoms with Crippen molar-refractivity contribution in [2.45, 2.75) is 19.4 Å². The molecule has 4 rings (SSSR count). The number of nitrogens with one attached hydrogen (secondary N) is 1. The maximum absolute atomic E-state index is 13.0. The van der Waals surface area contributed by atoms with E-state index in [4.69, 9.17) is 4.74 Å². The summed E-state index contributed by atoms with van der Waals surface area (Å²) in [6.07, 6.45) is 2.95. The Balaban J connectivity index is 1.37. The molecular weight excluding hydrogens is 383 g/mol. The number of amides is 1. The van der Waals surface area contributed by atoms with Crippen molar-refractivity contribution in [2.75, 3.05) is 25.0 Å². The fourth-order valence-corrected chi connectivity index (χ4v) is 3.31. The van der Waals surface area contributed by atoms with Gasteiger partial charge in [0, 0.05) is 6.54 Å². The molecule has 30 heavy (non-hydrogen) atoms. The third-order valence-electron chi connectivity index (χ3n) is 5.01. The Labute approximate surface area is 174 Å². The number of anilines is 2. The number of benzene rings is 1. The molecule has 154 valence electrons. The van der Waals surface area contributed by atoms with Crippen LogP contribution in [0.4, 0.5) is 15.9 Å². The van der Waals surface area contributed by atoms with Gasteiger partial charge in [0.05, 0.1) is 43.3 Å². The highest BCUT2D eigenvalue weighted by atomic mass is 19.1. The predicted molar refractivity (Wildman–Crippen MR) is 112 cm³/mol. The Morgan fingerprint density at radius 1 is 1.13 bits per heavy atom. The number of carbonyl (C=O) groups is 1. The molecule has 0 spiro atoms. The number of rotatable bonds is 5. The summed E-state index contributed by atoms with van der Waals surface area (Å²) in [5.41, 5.74) is 3.69. The second kappa shape index (κ2) is 9.00. The summed E-state index contributed by atoms with van der Waals surface area (Å²) >= 11 is 0. The molecule has 6 nitrogen and oxygen atoms in total. The summed E-state index contributed by atoms with van der Waals surface area (Å²) < 4.78 is 18.8. The Bertz CT molecular complexity index is 991. The van der Waals surface area contributed by atoms with Gasteiger partial charge in [-0.1, -0.05) is 29.8 Å². The van der Waals surface area contributed by atoms with Crippen LogP contribution in [0.2, 0.25) is 0 Å². The van der Waals surface area contributed by atoms with E-state index in [0.29, 0.717) is 31.9 Å². The molecule has 1 N–H and O–H groups in total. The van der Waals surface area contributed by atoms with E-state index < -0.39 is 0 Å². The van der Waals surface area contributed by atoms with Crippen LogP contribution in [0, 0.1) is 12.7 Å². The summed E-state index contributed by atoms with van der Waals surface area (Å²) in [6, 6.07) is 14.7. The summed E-state index contributed by atoms with van der Waals surface area (Å²) in [5.74, 6) is 0.241. The maximum atomic E-state index is 13.0. The summed E-state index contributed by atoms with van der Waals surface area (Å²) in [5, 5.41) is 3.07. The standard InChI is InChI=1S/C23H23FN4O2/c1-16-2-4-17(5-3-16)12-23(29)28-10-11-30-21(15-28)20-8-7-19(14-25-20)27-22-9-6-18(24)13-26-22/h2-9,13-14,21H,10-12,15H2,1H3,(H,26,27)/t21-/m0/s1. The lowest BCUT2D eigenvalue weighted by atomic mass is 10.1. The van der Waals surface area contributed by atoms with Gasteiger partial charge in [0.15, 0.2) is 0 Å². The van der Waals surface area contributed by atoms with Gasteiger partial charge in [-0.25, -0.2) is 9.37 Å². The molecule has 0 saturated carbocycles. The number of halogens is 1. The Hall–Kier alpha value is -3.32. The fraction of sp³-hybridized carbons (Fsp3) is 0.261. The Kier molecular flexibility index (Phi) is 5.99. The first kappa shape index (κ1) is 20.0. The molecule has 2 aromatic heterocycles. The van der Waals surface area contributed by atoms with Gasteiger partial charge >= 0.3 is 0 Å². The molecule has 7 heteroatoms. The van der Waals surface area contributed by atoms with E-state index in [1.807, 2.05) is 48.2 Å². The van der Waals surface area contributed by atoms with Crippen LogP contribution < -0.4 is 5.32 Å². The second-order valence-corrected chi connectivity index (χ2v) is 7.32. The number of hydrogen-bond donors (Lipinski definition) is 1. The SMILES string of the molecule is Cc1ccc(CC(=O)N2CCO[C@H](c3ccc(Nc4ccc(F)cn4)cn3)C2)cc1. The van der Waals surface area contributed by atoms with E-state index in [0.717, 1.165) is 23.1 Å². The van der Waals surface area contributed by atoms with Crippen molar-refractivity contribution in [3.8, 4) is 0 Å². The van der Waals surface area contributed by atoms with Crippen molar-refractivity contribution in [1.82, 2.24) is 14.9 Å². The van der Waals surface area contributed by atoms with E-state index in [9.17, 15) is 9.18 Å². The summed E-state index contributed by atoms with van der Waals surface area (Å²) in [4.78, 5) is 23.0. The molecule has 3 aromatic rings. The Morgan fingerprint density at radius 2 is 1.97 bits per heavy atom. The van der Waals surface area contributed by atoms with E-state index >= 15 is 0 Å². The minimum Gasteiger partial charge on any atom is -0.368 e. The minimum absolute atomic E-state index is 0.0906. The third-order valence-corrected chi connectivity index (χ3v) is 5.01. The molecule has 1 aliphatic rings. The van der Waals surface area contributed by atoms with Crippen LogP contribution >= 0.6 is 0 Å². The average Bonchev–Trinajstić information content (AvgIpc) is 2.77. The monoisotopic (exact) mass is 406 g/mol. The molecule has 1 atom stereocenters. The molecule has 1 fully saturated rings. The third kappa shape index (κ3) is 4.99. The van der Waals surface area contributed by atoms with Crippen LogP contribution in [-0.2, 0) is 16.0 Å². The van der Waals surface area contributed by atoms with Crippen molar-refractivity contribution >= 4 is 17.4 Å². The van der Waals surface area contributed by atoms with Crippen molar-refractivity contribution in [1.29, 1.82) is 0 Å². The van der Waals surface area contributed by atoms with Crippen molar-refractivity contribution in [3.63, 3.8) is 0 Å².